The van der Waals surface area contributed by atoms with Crippen LogP contribution in [0.2, 0.25) is 0 Å². The Morgan fingerprint density at radius 1 is 0.833 bits per heavy atom. The zero-order valence-corrected chi connectivity index (χ0v) is 18.3. The number of benzene rings is 1. The first-order valence-electron chi connectivity index (χ1n) is 11.4. The quantitative estimate of drug-likeness (QED) is 0.315. The molecular formula is C25H35F2N2O. The molecule has 0 aliphatic heterocycles. The first kappa shape index (κ1) is 24.4. The Morgan fingerprint density at radius 2 is 1.47 bits per heavy atom. The molecule has 3 atom stereocenters. The summed E-state index contributed by atoms with van der Waals surface area (Å²) in [5.74, 6) is 0.621. The zero-order chi connectivity index (χ0) is 21.8. The highest BCUT2D eigenvalue weighted by Gasteiger charge is 2.29. The first-order valence-corrected chi connectivity index (χ1v) is 11.4. The van der Waals surface area contributed by atoms with Crippen LogP contribution in [0.25, 0.3) is 11.4 Å². The predicted octanol–water partition coefficient (Wildman–Crippen LogP) is 6.86. The fourth-order valence-corrected chi connectivity index (χ4v) is 3.49. The molecule has 0 aliphatic carbocycles. The molecule has 165 valence electrons. The molecule has 0 spiro atoms. The molecule has 2 aromatic rings. The van der Waals surface area contributed by atoms with Crippen molar-refractivity contribution in [1.82, 2.24) is 9.97 Å². The minimum absolute atomic E-state index is 0.0931. The van der Waals surface area contributed by atoms with Crippen molar-refractivity contribution < 1.29 is 13.9 Å². The third-order valence-corrected chi connectivity index (χ3v) is 5.46. The number of unbranched alkanes of at least 4 members (excludes halogenated alkanes) is 5. The normalized spacial score (nSPS) is 14.4. The van der Waals surface area contributed by atoms with Gasteiger partial charge in [-0.05, 0) is 30.4 Å². The SMILES string of the molecule is CCCCCCCc1cnc(-c2ccc(CC(F)C(F)C([O])CCCC)cc2)nc1. The van der Waals surface area contributed by atoms with E-state index in [0.29, 0.717) is 17.8 Å². The standard InChI is InChI=1S/C25H35F2N2O/c1-3-5-7-8-9-10-20-17-28-25(29-18-20)21-14-12-19(13-15-21)16-22(26)24(27)23(30)11-6-4-2/h12-15,17-18,22-24H,3-11,16H2,1-2H3. The Bertz CT molecular complexity index is 706. The number of halogens is 2. The van der Waals surface area contributed by atoms with Gasteiger partial charge in [0.25, 0.3) is 0 Å². The molecule has 3 unspecified atom stereocenters. The van der Waals surface area contributed by atoms with Gasteiger partial charge >= 0.3 is 0 Å². The lowest BCUT2D eigenvalue weighted by atomic mass is 9.99. The van der Waals surface area contributed by atoms with E-state index in [4.69, 9.17) is 0 Å². The van der Waals surface area contributed by atoms with Gasteiger partial charge in [-0.3, -0.25) is 0 Å². The lowest BCUT2D eigenvalue weighted by molar-refractivity contribution is -0.0233. The number of nitrogens with zero attached hydrogens (tertiary/aromatic N) is 2. The van der Waals surface area contributed by atoms with Crippen molar-refractivity contribution in [3.05, 3.63) is 47.8 Å². The molecule has 0 saturated heterocycles. The number of rotatable bonds is 14. The van der Waals surface area contributed by atoms with Crippen LogP contribution in [-0.2, 0) is 17.9 Å². The van der Waals surface area contributed by atoms with E-state index >= 15 is 0 Å². The van der Waals surface area contributed by atoms with E-state index in [1.165, 1.54) is 25.7 Å². The summed E-state index contributed by atoms with van der Waals surface area (Å²) in [5.41, 5.74) is 2.64. The Hall–Kier alpha value is -1.88. The summed E-state index contributed by atoms with van der Waals surface area (Å²) in [6.45, 7) is 4.14. The van der Waals surface area contributed by atoms with Crippen molar-refractivity contribution in [2.75, 3.05) is 0 Å². The van der Waals surface area contributed by atoms with E-state index in [0.717, 1.165) is 30.4 Å². The summed E-state index contributed by atoms with van der Waals surface area (Å²) in [6.07, 6.45) is 7.23. The third kappa shape index (κ3) is 8.10. The highest BCUT2D eigenvalue weighted by atomic mass is 19.2. The van der Waals surface area contributed by atoms with Crippen LogP contribution in [0.5, 0.6) is 0 Å². The Kier molecular flexibility index (Phi) is 10.9. The molecule has 1 aromatic heterocycles. The fraction of sp³-hybridized carbons (Fsp3) is 0.600. The largest absolute Gasteiger partial charge is 0.244 e. The molecule has 1 radical (unpaired) electrons. The van der Waals surface area contributed by atoms with Crippen LogP contribution in [-0.4, -0.2) is 28.4 Å². The van der Waals surface area contributed by atoms with Gasteiger partial charge in [0.1, 0.15) is 12.3 Å². The molecule has 0 bridgehead atoms. The van der Waals surface area contributed by atoms with Crippen LogP contribution in [0.3, 0.4) is 0 Å². The first-order chi connectivity index (χ1) is 14.5. The van der Waals surface area contributed by atoms with Crippen molar-refractivity contribution in [2.24, 2.45) is 0 Å². The lowest BCUT2D eigenvalue weighted by Gasteiger charge is -2.17. The maximum atomic E-state index is 14.2. The van der Waals surface area contributed by atoms with E-state index in [1.54, 1.807) is 12.1 Å². The summed E-state index contributed by atoms with van der Waals surface area (Å²) >= 11 is 0. The van der Waals surface area contributed by atoms with Gasteiger partial charge in [-0.2, -0.15) is 0 Å². The van der Waals surface area contributed by atoms with Crippen LogP contribution >= 0.6 is 0 Å². The van der Waals surface area contributed by atoms with Crippen LogP contribution in [0.4, 0.5) is 8.78 Å². The second-order valence-electron chi connectivity index (χ2n) is 8.12. The topological polar surface area (TPSA) is 45.7 Å². The van der Waals surface area contributed by atoms with Crippen molar-refractivity contribution in [3.8, 4) is 11.4 Å². The molecule has 5 heteroatoms. The molecule has 0 N–H and O–H groups in total. The van der Waals surface area contributed by atoms with E-state index in [1.807, 2.05) is 31.5 Å². The van der Waals surface area contributed by atoms with Crippen LogP contribution < -0.4 is 0 Å². The molecule has 3 nitrogen and oxygen atoms in total. The molecule has 1 aromatic carbocycles. The molecule has 0 amide bonds. The van der Waals surface area contributed by atoms with Gasteiger partial charge in [0.05, 0.1) is 0 Å². The van der Waals surface area contributed by atoms with Crippen LogP contribution in [0, 0.1) is 0 Å². The molecular weight excluding hydrogens is 382 g/mol. The second-order valence-corrected chi connectivity index (χ2v) is 8.12. The molecule has 30 heavy (non-hydrogen) atoms. The number of hydrogen-bond donors (Lipinski definition) is 0. The predicted molar refractivity (Wildman–Crippen MR) is 117 cm³/mol. The maximum Gasteiger partial charge on any atom is 0.161 e. The van der Waals surface area contributed by atoms with E-state index in [-0.39, 0.29) is 12.8 Å². The Morgan fingerprint density at radius 3 is 2.10 bits per heavy atom. The minimum atomic E-state index is -1.96. The van der Waals surface area contributed by atoms with E-state index in [2.05, 4.69) is 16.9 Å². The summed E-state index contributed by atoms with van der Waals surface area (Å²) < 4.78 is 28.2. The lowest BCUT2D eigenvalue weighted by Crippen LogP contribution is -2.31. The van der Waals surface area contributed by atoms with Gasteiger partial charge < -0.3 is 0 Å². The number of aromatic nitrogens is 2. The molecule has 0 fully saturated rings. The van der Waals surface area contributed by atoms with Gasteiger partial charge in [0, 0.05) is 24.4 Å². The van der Waals surface area contributed by atoms with E-state index < -0.39 is 18.4 Å². The molecule has 0 aliphatic rings. The second kappa shape index (κ2) is 13.4. The average Bonchev–Trinajstić information content (AvgIpc) is 2.77. The van der Waals surface area contributed by atoms with Gasteiger partial charge in [-0.25, -0.2) is 23.9 Å². The summed E-state index contributed by atoms with van der Waals surface area (Å²) in [6, 6.07) is 7.15. The Balaban J connectivity index is 1.86. The van der Waals surface area contributed by atoms with Crippen molar-refractivity contribution in [3.63, 3.8) is 0 Å². The van der Waals surface area contributed by atoms with Gasteiger partial charge in [0.2, 0.25) is 0 Å². The number of hydrogen-bond acceptors (Lipinski definition) is 2. The van der Waals surface area contributed by atoms with Crippen LogP contribution in [0.15, 0.2) is 36.7 Å². The third-order valence-electron chi connectivity index (χ3n) is 5.46. The summed E-state index contributed by atoms with van der Waals surface area (Å²) in [5, 5.41) is 11.8. The maximum absolute atomic E-state index is 14.2. The van der Waals surface area contributed by atoms with Gasteiger partial charge in [0.15, 0.2) is 12.0 Å². The smallest absolute Gasteiger partial charge is 0.161 e. The summed E-state index contributed by atoms with van der Waals surface area (Å²) in [4.78, 5) is 8.90. The van der Waals surface area contributed by atoms with E-state index in [9.17, 15) is 13.9 Å². The van der Waals surface area contributed by atoms with Crippen molar-refractivity contribution in [2.45, 2.75) is 96.5 Å². The van der Waals surface area contributed by atoms with Gasteiger partial charge in [-0.15, -0.1) is 0 Å². The Labute approximate surface area is 180 Å². The number of aryl methyl sites for hydroxylation is 1. The zero-order valence-electron chi connectivity index (χ0n) is 18.3. The van der Waals surface area contributed by atoms with Crippen LogP contribution in [0.1, 0.15) is 76.3 Å². The van der Waals surface area contributed by atoms with Crippen molar-refractivity contribution in [1.29, 1.82) is 0 Å². The summed E-state index contributed by atoms with van der Waals surface area (Å²) in [7, 11) is 0. The monoisotopic (exact) mass is 417 g/mol. The highest BCUT2D eigenvalue weighted by Crippen LogP contribution is 2.21. The number of alkyl halides is 2. The van der Waals surface area contributed by atoms with Gasteiger partial charge in [-0.1, -0.05) is 76.6 Å². The fourth-order valence-electron chi connectivity index (χ4n) is 3.49. The highest BCUT2D eigenvalue weighted by molar-refractivity contribution is 5.55. The average molecular weight is 418 g/mol. The molecule has 1 heterocycles. The van der Waals surface area contributed by atoms with Crippen molar-refractivity contribution >= 4 is 0 Å². The molecule has 2 rings (SSSR count). The minimum Gasteiger partial charge on any atom is -0.244 e. The molecule has 0 saturated carbocycles.